The van der Waals surface area contributed by atoms with E-state index in [4.69, 9.17) is 0 Å². The average molecular weight is 312 g/mol. The van der Waals surface area contributed by atoms with Crippen molar-refractivity contribution in [3.05, 3.63) is 66.4 Å². The predicted molar refractivity (Wildman–Crippen MR) is 96.6 cm³/mol. The van der Waals surface area contributed by atoms with Crippen LogP contribution < -0.4 is 10.4 Å². The van der Waals surface area contributed by atoms with Crippen molar-refractivity contribution in [2.24, 2.45) is 0 Å². The lowest BCUT2D eigenvalue weighted by Crippen LogP contribution is -2.50. The van der Waals surface area contributed by atoms with Gasteiger partial charge in [-0.25, -0.2) is 0 Å². The first-order valence-electron chi connectivity index (χ1n) is 7.73. The molecule has 0 amide bonds. The third-order valence-electron chi connectivity index (χ3n) is 4.76. The molecule has 2 heterocycles. The Morgan fingerprint density at radius 2 is 1.70 bits per heavy atom. The van der Waals surface area contributed by atoms with E-state index in [1.165, 1.54) is 21.5 Å². The van der Waals surface area contributed by atoms with Crippen LogP contribution in [0.4, 0.5) is 0 Å². The van der Waals surface area contributed by atoms with E-state index in [0.717, 1.165) is 16.8 Å². The van der Waals surface area contributed by atoms with Gasteiger partial charge in [-0.2, -0.15) is 5.26 Å². The molecule has 0 saturated carbocycles. The van der Waals surface area contributed by atoms with Crippen LogP contribution in [0, 0.1) is 11.3 Å². The van der Waals surface area contributed by atoms with Crippen molar-refractivity contribution in [2.45, 2.75) is 13.1 Å². The summed E-state index contributed by atoms with van der Waals surface area (Å²) in [4.78, 5) is 4.55. The van der Waals surface area contributed by atoms with Crippen LogP contribution in [0.2, 0.25) is 13.1 Å². The number of rotatable bonds is 1. The fraction of sp³-hybridized carbons (Fsp3) is 0.100. The van der Waals surface area contributed by atoms with E-state index in [1.807, 2.05) is 30.5 Å². The monoisotopic (exact) mass is 312 g/mol. The smallest absolute Gasteiger partial charge is 0.114 e. The lowest BCUT2D eigenvalue weighted by atomic mass is 9.98. The molecule has 4 rings (SSSR count). The molecule has 23 heavy (non-hydrogen) atoms. The van der Waals surface area contributed by atoms with Crippen LogP contribution in [-0.4, -0.2) is 13.1 Å². The number of nitriles is 1. The van der Waals surface area contributed by atoms with E-state index in [2.05, 4.69) is 54.5 Å². The molecule has 0 unspecified atom stereocenters. The molecule has 0 N–H and O–H groups in total. The first-order chi connectivity index (χ1) is 11.1. The Labute approximate surface area is 137 Å². The SMILES string of the molecule is C[Si]1(C)c2cccc(C#N)c2-c2cccc(-c3ccccn3)c21. The van der Waals surface area contributed by atoms with Crippen molar-refractivity contribution < 1.29 is 0 Å². The summed E-state index contributed by atoms with van der Waals surface area (Å²) < 4.78 is 0. The Morgan fingerprint density at radius 1 is 0.913 bits per heavy atom. The molecule has 0 aliphatic carbocycles. The normalized spacial score (nSPS) is 14.0. The number of nitrogens with zero attached hydrogens (tertiary/aromatic N) is 2. The van der Waals surface area contributed by atoms with Gasteiger partial charge in [0.05, 0.1) is 17.3 Å². The van der Waals surface area contributed by atoms with Gasteiger partial charge in [-0.15, -0.1) is 0 Å². The Morgan fingerprint density at radius 3 is 2.43 bits per heavy atom. The maximum atomic E-state index is 9.54. The van der Waals surface area contributed by atoms with Crippen LogP contribution in [0.3, 0.4) is 0 Å². The van der Waals surface area contributed by atoms with E-state index in [1.54, 1.807) is 0 Å². The molecule has 110 valence electrons. The predicted octanol–water partition coefficient (Wildman–Crippen LogP) is 3.42. The van der Waals surface area contributed by atoms with Crippen molar-refractivity contribution in [1.29, 1.82) is 5.26 Å². The first-order valence-corrected chi connectivity index (χ1v) is 10.7. The summed E-state index contributed by atoms with van der Waals surface area (Å²) in [5.41, 5.74) is 5.35. The molecule has 0 bridgehead atoms. The van der Waals surface area contributed by atoms with Crippen molar-refractivity contribution >= 4 is 18.4 Å². The van der Waals surface area contributed by atoms with E-state index in [-0.39, 0.29) is 0 Å². The zero-order chi connectivity index (χ0) is 16.0. The van der Waals surface area contributed by atoms with Crippen LogP contribution in [0.1, 0.15) is 5.56 Å². The largest absolute Gasteiger partial charge is 0.256 e. The fourth-order valence-electron chi connectivity index (χ4n) is 3.76. The molecule has 3 heteroatoms. The van der Waals surface area contributed by atoms with Gasteiger partial charge in [0.2, 0.25) is 0 Å². The number of pyridine rings is 1. The summed E-state index contributed by atoms with van der Waals surface area (Å²) in [5.74, 6) is 0. The minimum Gasteiger partial charge on any atom is -0.256 e. The van der Waals surface area contributed by atoms with Crippen LogP contribution >= 0.6 is 0 Å². The van der Waals surface area contributed by atoms with Crippen LogP contribution in [0.25, 0.3) is 22.4 Å². The topological polar surface area (TPSA) is 36.7 Å². The highest BCUT2D eigenvalue weighted by Crippen LogP contribution is 2.34. The second-order valence-electron chi connectivity index (χ2n) is 6.41. The highest BCUT2D eigenvalue weighted by Gasteiger charge is 2.40. The highest BCUT2D eigenvalue weighted by molar-refractivity contribution is 7.04. The van der Waals surface area contributed by atoms with Crippen molar-refractivity contribution in [3.63, 3.8) is 0 Å². The Balaban J connectivity index is 2.09. The van der Waals surface area contributed by atoms with Gasteiger partial charge in [0.1, 0.15) is 8.07 Å². The summed E-state index contributed by atoms with van der Waals surface area (Å²) in [6.45, 7) is 4.73. The Bertz CT molecular complexity index is 953. The van der Waals surface area contributed by atoms with Gasteiger partial charge in [-0.05, 0) is 39.7 Å². The summed E-state index contributed by atoms with van der Waals surface area (Å²) in [5, 5.41) is 12.3. The molecular formula is C20H16N2Si. The molecule has 1 aliphatic heterocycles. The van der Waals surface area contributed by atoms with E-state index < -0.39 is 8.07 Å². The standard InChI is InChI=1S/C20H16N2Si/c1-23(2)18-11-5-7-14(13-21)19(18)16-9-6-8-15(20(16)23)17-10-3-4-12-22-17/h3-12H,1-2H3. The van der Waals surface area contributed by atoms with Crippen molar-refractivity contribution in [2.75, 3.05) is 0 Å². The maximum Gasteiger partial charge on any atom is 0.114 e. The van der Waals surface area contributed by atoms with E-state index in [0.29, 0.717) is 0 Å². The summed E-state index contributed by atoms with van der Waals surface area (Å²) in [7, 11) is -1.85. The van der Waals surface area contributed by atoms with Gasteiger partial charge >= 0.3 is 0 Å². The first kappa shape index (κ1) is 13.9. The fourth-order valence-corrected chi connectivity index (χ4v) is 7.20. The van der Waals surface area contributed by atoms with Gasteiger partial charge in [-0.1, -0.05) is 49.5 Å². The van der Waals surface area contributed by atoms with E-state index >= 15 is 0 Å². The zero-order valence-corrected chi connectivity index (χ0v) is 14.2. The second-order valence-corrected chi connectivity index (χ2v) is 10.7. The molecule has 0 spiro atoms. The lowest BCUT2D eigenvalue weighted by molar-refractivity contribution is 1.33. The van der Waals surface area contributed by atoms with Gasteiger partial charge in [0.15, 0.2) is 0 Å². The molecule has 3 aromatic rings. The molecule has 2 aromatic carbocycles. The molecule has 0 radical (unpaired) electrons. The van der Waals surface area contributed by atoms with Crippen molar-refractivity contribution in [1.82, 2.24) is 4.98 Å². The van der Waals surface area contributed by atoms with Crippen LogP contribution in [0.5, 0.6) is 0 Å². The van der Waals surface area contributed by atoms with Gasteiger partial charge < -0.3 is 0 Å². The number of aromatic nitrogens is 1. The molecule has 0 saturated heterocycles. The van der Waals surface area contributed by atoms with Crippen LogP contribution in [-0.2, 0) is 0 Å². The average Bonchev–Trinajstić information content (AvgIpc) is 2.84. The third kappa shape index (κ3) is 1.89. The number of benzene rings is 2. The Kier molecular flexibility index (Phi) is 2.97. The van der Waals surface area contributed by atoms with E-state index in [9.17, 15) is 5.26 Å². The third-order valence-corrected chi connectivity index (χ3v) is 8.31. The highest BCUT2D eigenvalue weighted by atomic mass is 28.3. The van der Waals surface area contributed by atoms with Crippen LogP contribution in [0.15, 0.2) is 60.8 Å². The number of hydrogen-bond donors (Lipinski definition) is 0. The number of hydrogen-bond acceptors (Lipinski definition) is 2. The maximum absolute atomic E-state index is 9.54. The second kappa shape index (κ2) is 4.90. The summed E-state index contributed by atoms with van der Waals surface area (Å²) in [6.07, 6.45) is 1.84. The molecule has 0 atom stereocenters. The van der Waals surface area contributed by atoms with Crippen molar-refractivity contribution in [3.8, 4) is 28.5 Å². The lowest BCUT2D eigenvalue weighted by Gasteiger charge is -2.21. The minimum atomic E-state index is -1.85. The molecule has 2 nitrogen and oxygen atoms in total. The molecule has 1 aliphatic rings. The summed E-state index contributed by atoms with van der Waals surface area (Å²) in [6, 6.07) is 20.9. The molecule has 1 aromatic heterocycles. The minimum absolute atomic E-state index is 0.778. The van der Waals surface area contributed by atoms with Gasteiger partial charge in [0, 0.05) is 11.8 Å². The summed E-state index contributed by atoms with van der Waals surface area (Å²) >= 11 is 0. The molecular weight excluding hydrogens is 296 g/mol. The van der Waals surface area contributed by atoms with Gasteiger partial charge in [0.25, 0.3) is 0 Å². The Hall–Kier alpha value is -2.70. The molecule has 0 fully saturated rings. The zero-order valence-electron chi connectivity index (χ0n) is 13.2. The number of fused-ring (bicyclic) bond motifs is 3. The van der Waals surface area contributed by atoms with Gasteiger partial charge in [-0.3, -0.25) is 4.98 Å². The quantitative estimate of drug-likeness (QED) is 0.646.